The fraction of sp³-hybridized carbons (Fsp3) is 0.538. The lowest BCUT2D eigenvalue weighted by Crippen LogP contribution is -2.59. The molecule has 1 saturated heterocycles. The third-order valence-corrected chi connectivity index (χ3v) is 11.2. The molecule has 2 saturated carbocycles. The number of methoxy groups -OCH3 is 1. The molecule has 3 aliphatic rings. The van der Waals surface area contributed by atoms with E-state index < -0.39 is 53.0 Å². The number of anilines is 1. The molecule has 3 amide bonds. The van der Waals surface area contributed by atoms with Crippen LogP contribution in [0.4, 0.5) is 10.6 Å². The Hall–Kier alpha value is -4.85. The first-order chi connectivity index (χ1) is 25.5. The van der Waals surface area contributed by atoms with Gasteiger partial charge in [-0.25, -0.2) is 19.6 Å². The molecule has 7 atom stereocenters. The number of carboxylic acids is 1. The third-order valence-electron chi connectivity index (χ3n) is 10.9. The number of aliphatic carboxylic acids is 1. The van der Waals surface area contributed by atoms with Gasteiger partial charge in [-0.05, 0) is 67.2 Å². The van der Waals surface area contributed by atoms with Gasteiger partial charge >= 0.3 is 12.1 Å². The van der Waals surface area contributed by atoms with E-state index in [0.717, 1.165) is 19.3 Å². The number of halogens is 1. The van der Waals surface area contributed by atoms with Crippen molar-refractivity contribution in [3.8, 4) is 22.9 Å². The molecule has 2 aliphatic carbocycles. The molecule has 1 aliphatic heterocycles. The van der Waals surface area contributed by atoms with Gasteiger partial charge in [-0.3, -0.25) is 9.59 Å². The van der Waals surface area contributed by atoms with Crippen molar-refractivity contribution in [1.82, 2.24) is 25.5 Å². The Labute approximate surface area is 319 Å². The van der Waals surface area contributed by atoms with Crippen molar-refractivity contribution in [3.05, 3.63) is 41.4 Å². The normalized spacial score (nSPS) is 25.5. The van der Waals surface area contributed by atoms with Crippen LogP contribution >= 0.6 is 11.6 Å². The summed E-state index contributed by atoms with van der Waals surface area (Å²) in [7, 11) is 1.50. The highest BCUT2D eigenvalue weighted by Crippen LogP contribution is 2.46. The molecule has 1 aromatic carbocycles. The summed E-state index contributed by atoms with van der Waals surface area (Å²) in [4.78, 5) is 64.9. The zero-order chi connectivity index (χ0) is 39.1. The summed E-state index contributed by atoms with van der Waals surface area (Å²) < 4.78 is 17.8. The van der Waals surface area contributed by atoms with Crippen molar-refractivity contribution in [1.29, 1.82) is 0 Å². The molecular formula is C39H49ClN6O8. The fourth-order valence-electron chi connectivity index (χ4n) is 7.72. The van der Waals surface area contributed by atoms with E-state index in [1.165, 1.54) is 12.0 Å². The van der Waals surface area contributed by atoms with Crippen molar-refractivity contribution >= 4 is 52.2 Å². The van der Waals surface area contributed by atoms with Crippen LogP contribution < -0.4 is 25.8 Å². The second kappa shape index (κ2) is 15.1. The first-order valence-electron chi connectivity index (χ1n) is 18.4. The lowest BCUT2D eigenvalue weighted by atomic mass is 9.85. The summed E-state index contributed by atoms with van der Waals surface area (Å²) >= 11 is 6.76. The fourth-order valence-corrected chi connectivity index (χ4v) is 8.00. The van der Waals surface area contributed by atoms with Crippen LogP contribution in [0.15, 0.2) is 36.4 Å². The topological polar surface area (TPSA) is 195 Å². The van der Waals surface area contributed by atoms with Gasteiger partial charge in [0, 0.05) is 17.9 Å². The number of aromatic nitrogens is 2. The number of ether oxygens (including phenoxy) is 3. The molecule has 54 heavy (non-hydrogen) atoms. The van der Waals surface area contributed by atoms with Crippen molar-refractivity contribution in [2.45, 2.75) is 103 Å². The summed E-state index contributed by atoms with van der Waals surface area (Å²) in [6.45, 7) is 9.38. The van der Waals surface area contributed by atoms with E-state index in [1.54, 1.807) is 36.4 Å². The number of carbonyl (C=O) groups excluding carboxylic acids is 3. The summed E-state index contributed by atoms with van der Waals surface area (Å²) in [6.07, 6.45) is 1.64. The van der Waals surface area contributed by atoms with Crippen LogP contribution in [0.25, 0.3) is 22.3 Å². The number of carboxylic acid groups (broad SMARTS) is 1. The van der Waals surface area contributed by atoms with E-state index in [9.17, 15) is 24.3 Å². The van der Waals surface area contributed by atoms with E-state index in [-0.39, 0.29) is 42.2 Å². The van der Waals surface area contributed by atoms with Gasteiger partial charge in [0.1, 0.15) is 52.2 Å². The van der Waals surface area contributed by atoms with Crippen LogP contribution in [0.1, 0.15) is 73.1 Å². The number of carbonyl (C=O) groups is 4. The van der Waals surface area contributed by atoms with E-state index in [2.05, 4.69) is 22.5 Å². The lowest BCUT2D eigenvalue weighted by molar-refractivity contribution is -0.146. The van der Waals surface area contributed by atoms with Gasteiger partial charge in [-0.2, -0.15) is 0 Å². The number of hydrogen-bond donors (Lipinski definition) is 4. The van der Waals surface area contributed by atoms with Crippen molar-refractivity contribution in [2.75, 3.05) is 19.4 Å². The number of nitrogen functional groups attached to an aromatic ring is 1. The Kier molecular flexibility index (Phi) is 10.9. The maximum Gasteiger partial charge on any atom is 0.408 e. The van der Waals surface area contributed by atoms with Crippen LogP contribution in [0.2, 0.25) is 5.02 Å². The zero-order valence-electron chi connectivity index (χ0n) is 31.5. The molecule has 3 heterocycles. The maximum atomic E-state index is 14.6. The number of nitrogens with zero attached hydrogens (tertiary/aromatic N) is 3. The van der Waals surface area contributed by atoms with Gasteiger partial charge in [0.15, 0.2) is 0 Å². The summed E-state index contributed by atoms with van der Waals surface area (Å²) in [5.74, 6) is -1.01. The zero-order valence-corrected chi connectivity index (χ0v) is 32.2. The third kappa shape index (κ3) is 7.84. The molecule has 3 fully saturated rings. The van der Waals surface area contributed by atoms with Crippen LogP contribution in [0.3, 0.4) is 0 Å². The first-order valence-corrected chi connectivity index (χ1v) is 18.8. The Morgan fingerprint density at radius 1 is 1.07 bits per heavy atom. The van der Waals surface area contributed by atoms with Crippen LogP contribution in [-0.2, 0) is 19.1 Å². The Morgan fingerprint density at radius 2 is 1.83 bits per heavy atom. The monoisotopic (exact) mass is 764 g/mol. The molecule has 290 valence electrons. The second-order valence-electron chi connectivity index (χ2n) is 15.9. The number of amides is 3. The number of benzene rings is 1. The first kappa shape index (κ1) is 38.9. The molecule has 3 aromatic rings. The Morgan fingerprint density at radius 3 is 2.44 bits per heavy atom. The van der Waals surface area contributed by atoms with Crippen LogP contribution in [0.5, 0.6) is 11.5 Å². The number of nitrogens with one attached hydrogen (secondary N) is 2. The number of rotatable bonds is 11. The average Bonchev–Trinajstić information content (AvgIpc) is 3.42. The maximum absolute atomic E-state index is 14.6. The molecule has 0 bridgehead atoms. The van der Waals surface area contributed by atoms with Gasteiger partial charge in [-0.15, -0.1) is 0 Å². The Bertz CT molecular complexity index is 1950. The van der Waals surface area contributed by atoms with Crippen molar-refractivity contribution in [3.63, 3.8) is 0 Å². The highest BCUT2D eigenvalue weighted by Gasteiger charge is 2.61. The summed E-state index contributed by atoms with van der Waals surface area (Å²) in [6, 6.07) is 8.10. The van der Waals surface area contributed by atoms with Gasteiger partial charge in [-0.1, -0.05) is 58.7 Å². The SMILES string of the molecule is CC[C@@H]1C[C@]1(NC(=O)[C@@H]1C[C@@H](Oc2cc(-c3cccc(N)n3)nc3c(Cl)c(OC)ccc23)CN1C(=O)[C@@H](NC(=O)O[C@@H]1CC[C@H](C)C1)C(C)(C)C)C(=O)O. The van der Waals surface area contributed by atoms with Crippen molar-refractivity contribution < 1.29 is 38.5 Å². The predicted octanol–water partition coefficient (Wildman–Crippen LogP) is 5.59. The lowest BCUT2D eigenvalue weighted by Gasteiger charge is -2.35. The van der Waals surface area contributed by atoms with Gasteiger partial charge in [0.25, 0.3) is 0 Å². The second-order valence-corrected chi connectivity index (χ2v) is 16.3. The molecule has 15 heteroatoms. The van der Waals surface area contributed by atoms with Crippen LogP contribution in [0, 0.1) is 17.3 Å². The smallest absolute Gasteiger partial charge is 0.408 e. The number of fused-ring (bicyclic) bond motifs is 1. The number of hydrogen-bond acceptors (Lipinski definition) is 10. The molecule has 0 radical (unpaired) electrons. The number of nitrogens with two attached hydrogens (primary N) is 1. The summed E-state index contributed by atoms with van der Waals surface area (Å²) in [5.41, 5.74) is 5.04. The minimum atomic E-state index is -1.42. The molecule has 5 N–H and O–H groups in total. The minimum Gasteiger partial charge on any atom is -0.495 e. The molecule has 0 spiro atoms. The molecule has 0 unspecified atom stereocenters. The van der Waals surface area contributed by atoms with Crippen LogP contribution in [-0.4, -0.2) is 87.3 Å². The van der Waals surface area contributed by atoms with Gasteiger partial charge in [0.05, 0.1) is 30.6 Å². The molecular weight excluding hydrogens is 716 g/mol. The largest absolute Gasteiger partial charge is 0.495 e. The molecule has 14 nitrogen and oxygen atoms in total. The average molecular weight is 765 g/mol. The number of likely N-dealkylation sites (tertiary alicyclic amines) is 1. The highest BCUT2D eigenvalue weighted by atomic mass is 35.5. The quantitative estimate of drug-likeness (QED) is 0.190. The predicted molar refractivity (Wildman–Crippen MR) is 202 cm³/mol. The standard InChI is InChI=1S/C39H49ClN6O8/c1-7-21-18-39(21,36(49)50)45-34(47)27-16-23(19-46(27)35(48)33(38(3,4)5)44-37(51)54-22-12-11-20(2)15-22)53-29-17-26(25-9-8-10-30(41)42-25)43-32-24(29)13-14-28(52-6)31(32)40/h8-10,13-14,17,20-23,27,33H,7,11-12,15-16,18-19H2,1-6H3,(H2,41,42)(H,44,51)(H,45,47)(H,49,50)/t20-,21+,22+,23+,27-,33+,39+/m0/s1. The van der Waals surface area contributed by atoms with E-state index in [4.69, 9.17) is 36.5 Å². The van der Waals surface area contributed by atoms with Crippen molar-refractivity contribution in [2.24, 2.45) is 17.3 Å². The van der Waals surface area contributed by atoms with E-state index in [0.29, 0.717) is 46.1 Å². The van der Waals surface area contributed by atoms with Gasteiger partial charge < -0.3 is 40.6 Å². The van der Waals surface area contributed by atoms with E-state index >= 15 is 0 Å². The molecule has 6 rings (SSSR count). The molecule has 2 aromatic heterocycles. The summed E-state index contributed by atoms with van der Waals surface area (Å²) in [5, 5.41) is 16.5. The number of pyridine rings is 2. The number of alkyl carbamates (subject to hydrolysis) is 1. The Balaban J connectivity index is 1.34. The highest BCUT2D eigenvalue weighted by molar-refractivity contribution is 6.36. The van der Waals surface area contributed by atoms with Gasteiger partial charge in [0.2, 0.25) is 11.8 Å². The van der Waals surface area contributed by atoms with E-state index in [1.807, 2.05) is 27.7 Å². The minimum absolute atomic E-state index is 0.0326.